The number of hydrogen-bond acceptors (Lipinski definition) is 4. The Balaban J connectivity index is 3.54. The van der Waals surface area contributed by atoms with Gasteiger partial charge < -0.3 is 9.84 Å². The molecule has 1 aromatic rings. The Morgan fingerprint density at radius 3 is 2.22 bits per heavy atom. The molecule has 0 fully saturated rings. The molecular formula is C13H17NO4. The fraction of sp³-hybridized carbons (Fsp3) is 0.462. The fourth-order valence-corrected chi connectivity index (χ4v) is 1.66. The van der Waals surface area contributed by atoms with Crippen LogP contribution >= 0.6 is 0 Å². The maximum Gasteiger partial charge on any atom is 0.339 e. The van der Waals surface area contributed by atoms with Gasteiger partial charge in [-0.2, -0.15) is 0 Å². The van der Waals surface area contributed by atoms with Crippen molar-refractivity contribution >= 4 is 11.9 Å². The minimum absolute atomic E-state index is 0.0356. The topological polar surface area (TPSA) is 76.5 Å². The fourth-order valence-electron chi connectivity index (χ4n) is 1.66. The number of esters is 1. The number of carboxylic acids is 1. The zero-order valence-electron chi connectivity index (χ0n) is 11.2. The van der Waals surface area contributed by atoms with E-state index in [0.717, 1.165) is 0 Å². The predicted octanol–water partition coefficient (Wildman–Crippen LogP) is 2.17. The average Bonchev–Trinajstić information content (AvgIpc) is 2.26. The molecule has 0 saturated carbocycles. The van der Waals surface area contributed by atoms with Crippen molar-refractivity contribution in [2.45, 2.75) is 33.1 Å². The van der Waals surface area contributed by atoms with Crippen LogP contribution in [0.4, 0.5) is 0 Å². The van der Waals surface area contributed by atoms with E-state index in [-0.39, 0.29) is 11.1 Å². The largest absolute Gasteiger partial charge is 0.478 e. The van der Waals surface area contributed by atoms with Crippen LogP contribution in [0.25, 0.3) is 0 Å². The Bertz CT molecular complexity index is 500. The van der Waals surface area contributed by atoms with Crippen molar-refractivity contribution in [2.75, 3.05) is 7.11 Å². The second-order valence-corrected chi connectivity index (χ2v) is 5.06. The van der Waals surface area contributed by atoms with Crippen molar-refractivity contribution in [3.05, 3.63) is 28.6 Å². The summed E-state index contributed by atoms with van der Waals surface area (Å²) in [6.45, 7) is 7.28. The number of nitrogens with zero attached hydrogens (tertiary/aromatic N) is 1. The van der Waals surface area contributed by atoms with Crippen molar-refractivity contribution in [2.24, 2.45) is 0 Å². The third-order valence-electron chi connectivity index (χ3n) is 2.56. The highest BCUT2D eigenvalue weighted by atomic mass is 16.5. The van der Waals surface area contributed by atoms with Crippen LogP contribution < -0.4 is 0 Å². The molecular weight excluding hydrogens is 234 g/mol. The number of carboxylic acid groups (broad SMARTS) is 1. The zero-order chi connectivity index (χ0) is 14.1. The van der Waals surface area contributed by atoms with Gasteiger partial charge in [0.2, 0.25) is 0 Å². The number of hydrogen-bond donors (Lipinski definition) is 1. The van der Waals surface area contributed by atoms with E-state index in [1.807, 2.05) is 20.8 Å². The number of ether oxygens (including phenoxy) is 1. The molecule has 1 rings (SSSR count). The highest BCUT2D eigenvalue weighted by molar-refractivity contribution is 5.96. The minimum Gasteiger partial charge on any atom is -0.478 e. The first-order valence-corrected chi connectivity index (χ1v) is 5.52. The monoisotopic (exact) mass is 251 g/mol. The summed E-state index contributed by atoms with van der Waals surface area (Å²) in [5.41, 5.74) is 0.737. The van der Waals surface area contributed by atoms with Crippen molar-refractivity contribution < 1.29 is 19.4 Å². The molecule has 0 atom stereocenters. The predicted molar refractivity (Wildman–Crippen MR) is 66.0 cm³/mol. The highest BCUT2D eigenvalue weighted by Crippen LogP contribution is 2.26. The van der Waals surface area contributed by atoms with Crippen molar-refractivity contribution in [1.29, 1.82) is 0 Å². The van der Waals surface area contributed by atoms with E-state index in [0.29, 0.717) is 11.4 Å². The van der Waals surface area contributed by atoms with Gasteiger partial charge in [-0.25, -0.2) is 9.59 Å². The third kappa shape index (κ3) is 2.67. The van der Waals surface area contributed by atoms with Gasteiger partial charge in [0.1, 0.15) is 0 Å². The number of pyridine rings is 1. The van der Waals surface area contributed by atoms with E-state index in [2.05, 4.69) is 9.72 Å². The van der Waals surface area contributed by atoms with E-state index in [1.165, 1.54) is 13.2 Å². The lowest BCUT2D eigenvalue weighted by Crippen LogP contribution is -2.21. The summed E-state index contributed by atoms with van der Waals surface area (Å²) >= 11 is 0. The molecule has 0 aliphatic heterocycles. The average molecular weight is 251 g/mol. The molecule has 0 radical (unpaired) electrons. The number of carbonyl (C=O) groups excluding carboxylic acids is 1. The van der Waals surface area contributed by atoms with Gasteiger partial charge in [-0.15, -0.1) is 0 Å². The normalized spacial score (nSPS) is 11.2. The van der Waals surface area contributed by atoms with E-state index in [4.69, 9.17) is 0 Å². The summed E-state index contributed by atoms with van der Waals surface area (Å²) in [5.74, 6) is -1.68. The minimum atomic E-state index is -1.10. The van der Waals surface area contributed by atoms with Crippen molar-refractivity contribution in [1.82, 2.24) is 4.98 Å². The van der Waals surface area contributed by atoms with E-state index >= 15 is 0 Å². The van der Waals surface area contributed by atoms with Crippen LogP contribution in [0.3, 0.4) is 0 Å². The molecule has 5 heteroatoms. The van der Waals surface area contributed by atoms with Crippen LogP contribution in [0, 0.1) is 6.92 Å². The van der Waals surface area contributed by atoms with Gasteiger partial charge >= 0.3 is 11.9 Å². The van der Waals surface area contributed by atoms with Crippen LogP contribution in [0.2, 0.25) is 0 Å². The van der Waals surface area contributed by atoms with Crippen molar-refractivity contribution in [3.63, 3.8) is 0 Å². The lowest BCUT2D eigenvalue weighted by atomic mass is 9.87. The van der Waals surface area contributed by atoms with Crippen LogP contribution in [-0.4, -0.2) is 29.1 Å². The molecule has 18 heavy (non-hydrogen) atoms. The second kappa shape index (κ2) is 4.76. The first-order valence-electron chi connectivity index (χ1n) is 5.52. The summed E-state index contributed by atoms with van der Waals surface area (Å²) in [5, 5.41) is 9.21. The molecule has 0 bridgehead atoms. The lowest BCUT2D eigenvalue weighted by Gasteiger charge is -2.21. The first-order chi connectivity index (χ1) is 8.18. The van der Waals surface area contributed by atoms with Gasteiger partial charge in [0.15, 0.2) is 0 Å². The van der Waals surface area contributed by atoms with Crippen LogP contribution in [0.1, 0.15) is 52.9 Å². The Hall–Kier alpha value is -1.91. The van der Waals surface area contributed by atoms with E-state index in [9.17, 15) is 14.7 Å². The lowest BCUT2D eigenvalue weighted by molar-refractivity contribution is 0.0599. The summed E-state index contributed by atoms with van der Waals surface area (Å²) in [6.07, 6.45) is 0. The summed E-state index contributed by atoms with van der Waals surface area (Å²) in [6, 6.07) is 1.33. The highest BCUT2D eigenvalue weighted by Gasteiger charge is 2.26. The van der Waals surface area contributed by atoms with Gasteiger partial charge in [-0.3, -0.25) is 4.98 Å². The number of aryl methyl sites for hydroxylation is 1. The molecule has 1 heterocycles. The zero-order valence-corrected chi connectivity index (χ0v) is 11.2. The van der Waals surface area contributed by atoms with Gasteiger partial charge in [0.25, 0.3) is 0 Å². The molecule has 5 nitrogen and oxygen atoms in total. The summed E-state index contributed by atoms with van der Waals surface area (Å²) in [4.78, 5) is 27.0. The molecule has 0 saturated heterocycles. The third-order valence-corrected chi connectivity index (χ3v) is 2.56. The molecule has 1 N–H and O–H groups in total. The molecule has 0 aromatic carbocycles. The standard InChI is InChI=1S/C13H17NO4/c1-7-8(12(17)18-5)6-9(11(15)16)10(14-7)13(2,3)4/h6H,1-5H3,(H,15,16). The maximum atomic E-state index is 11.5. The number of aromatic carboxylic acids is 1. The van der Waals surface area contributed by atoms with Gasteiger partial charge in [-0.05, 0) is 13.0 Å². The Labute approximate surface area is 106 Å². The molecule has 0 amide bonds. The van der Waals surface area contributed by atoms with Gasteiger partial charge in [-0.1, -0.05) is 20.8 Å². The van der Waals surface area contributed by atoms with Crippen LogP contribution in [0.15, 0.2) is 6.07 Å². The number of aromatic nitrogens is 1. The smallest absolute Gasteiger partial charge is 0.339 e. The molecule has 0 unspecified atom stereocenters. The SMILES string of the molecule is COC(=O)c1cc(C(=O)O)c(C(C)(C)C)nc1C. The second-order valence-electron chi connectivity index (χ2n) is 5.06. The first kappa shape index (κ1) is 14.2. The van der Waals surface area contributed by atoms with E-state index in [1.54, 1.807) is 6.92 Å². The van der Waals surface area contributed by atoms with Crippen LogP contribution in [0.5, 0.6) is 0 Å². The van der Waals surface area contributed by atoms with E-state index < -0.39 is 17.4 Å². The Morgan fingerprint density at radius 1 is 1.28 bits per heavy atom. The molecule has 0 aliphatic rings. The van der Waals surface area contributed by atoms with Gasteiger partial charge in [0.05, 0.1) is 29.6 Å². The maximum absolute atomic E-state index is 11.5. The number of methoxy groups -OCH3 is 1. The van der Waals surface area contributed by atoms with Crippen molar-refractivity contribution in [3.8, 4) is 0 Å². The Kier molecular flexibility index (Phi) is 3.74. The van der Waals surface area contributed by atoms with Crippen LogP contribution in [-0.2, 0) is 10.2 Å². The molecule has 98 valence electrons. The number of rotatable bonds is 2. The molecule has 0 aliphatic carbocycles. The summed E-state index contributed by atoms with van der Waals surface area (Å²) < 4.78 is 4.61. The number of carbonyl (C=O) groups is 2. The Morgan fingerprint density at radius 2 is 1.83 bits per heavy atom. The summed E-state index contributed by atoms with van der Waals surface area (Å²) in [7, 11) is 1.25. The molecule has 0 spiro atoms. The molecule has 1 aromatic heterocycles. The van der Waals surface area contributed by atoms with Gasteiger partial charge in [0, 0.05) is 5.41 Å². The quantitative estimate of drug-likeness (QED) is 0.815.